The van der Waals surface area contributed by atoms with E-state index >= 15 is 0 Å². The van der Waals surface area contributed by atoms with E-state index in [0.29, 0.717) is 10.6 Å². The molecule has 4 nitrogen and oxygen atoms in total. The SMILES string of the molecule is COC(=O)C(N)Cc1c(O)cc(Cl)cc1Cl. The average molecular weight is 264 g/mol. The Hall–Kier alpha value is -0.970. The summed E-state index contributed by atoms with van der Waals surface area (Å²) in [5.41, 5.74) is 5.94. The molecule has 0 amide bonds. The van der Waals surface area contributed by atoms with E-state index in [-0.39, 0.29) is 17.2 Å². The first-order chi connectivity index (χ1) is 7.45. The number of carbonyl (C=O) groups is 1. The fraction of sp³-hybridized carbons (Fsp3) is 0.300. The van der Waals surface area contributed by atoms with Gasteiger partial charge in [-0.2, -0.15) is 0 Å². The van der Waals surface area contributed by atoms with E-state index in [2.05, 4.69) is 4.74 Å². The zero-order chi connectivity index (χ0) is 12.3. The van der Waals surface area contributed by atoms with Crippen molar-refractivity contribution >= 4 is 29.2 Å². The summed E-state index contributed by atoms with van der Waals surface area (Å²) in [5, 5.41) is 10.2. The van der Waals surface area contributed by atoms with Crippen molar-refractivity contribution in [3.8, 4) is 5.75 Å². The number of rotatable bonds is 3. The van der Waals surface area contributed by atoms with Crippen molar-refractivity contribution in [1.82, 2.24) is 0 Å². The van der Waals surface area contributed by atoms with Gasteiger partial charge >= 0.3 is 5.97 Å². The Morgan fingerprint density at radius 3 is 2.69 bits per heavy atom. The maximum Gasteiger partial charge on any atom is 0.322 e. The van der Waals surface area contributed by atoms with Crippen molar-refractivity contribution in [2.75, 3.05) is 7.11 Å². The summed E-state index contributed by atoms with van der Waals surface area (Å²) in [6, 6.07) is 1.95. The zero-order valence-corrected chi connectivity index (χ0v) is 10.0. The van der Waals surface area contributed by atoms with Gasteiger partial charge in [-0.15, -0.1) is 0 Å². The van der Waals surface area contributed by atoms with E-state index < -0.39 is 12.0 Å². The predicted octanol–water partition coefficient (Wildman–Crippen LogP) is 1.74. The Bertz CT molecular complexity index is 386. The number of hydrogen-bond acceptors (Lipinski definition) is 4. The summed E-state index contributed by atoms with van der Waals surface area (Å²) < 4.78 is 4.47. The molecule has 16 heavy (non-hydrogen) atoms. The van der Waals surface area contributed by atoms with Crippen LogP contribution in [0, 0.1) is 0 Å². The summed E-state index contributed by atoms with van der Waals surface area (Å²) >= 11 is 11.6. The van der Waals surface area contributed by atoms with E-state index in [4.69, 9.17) is 28.9 Å². The molecule has 1 rings (SSSR count). The van der Waals surface area contributed by atoms with Crippen LogP contribution in [-0.2, 0) is 16.0 Å². The monoisotopic (exact) mass is 263 g/mol. The third kappa shape index (κ3) is 3.01. The number of phenols is 1. The van der Waals surface area contributed by atoms with Gasteiger partial charge in [-0.1, -0.05) is 23.2 Å². The van der Waals surface area contributed by atoms with Crippen molar-refractivity contribution in [2.45, 2.75) is 12.5 Å². The summed E-state index contributed by atoms with van der Waals surface area (Å²) in [6.45, 7) is 0. The van der Waals surface area contributed by atoms with Crippen LogP contribution in [0.2, 0.25) is 10.0 Å². The Labute approximate surface area is 103 Å². The number of nitrogens with two attached hydrogens (primary N) is 1. The van der Waals surface area contributed by atoms with Gasteiger partial charge in [-0.25, -0.2) is 0 Å². The van der Waals surface area contributed by atoms with Gasteiger partial charge in [0.15, 0.2) is 0 Å². The van der Waals surface area contributed by atoms with E-state index in [0.717, 1.165) is 0 Å². The molecule has 0 fully saturated rings. The minimum Gasteiger partial charge on any atom is -0.508 e. The van der Waals surface area contributed by atoms with Crippen LogP contribution in [0.3, 0.4) is 0 Å². The number of halogens is 2. The van der Waals surface area contributed by atoms with Gasteiger partial charge in [-0.05, 0) is 12.1 Å². The zero-order valence-electron chi connectivity index (χ0n) is 8.54. The first-order valence-electron chi connectivity index (χ1n) is 4.46. The molecule has 0 aliphatic carbocycles. The first-order valence-corrected chi connectivity index (χ1v) is 5.21. The van der Waals surface area contributed by atoms with E-state index in [1.54, 1.807) is 0 Å². The normalized spacial score (nSPS) is 12.2. The summed E-state index contributed by atoms with van der Waals surface area (Å²) in [4.78, 5) is 11.1. The first kappa shape index (κ1) is 13.1. The Balaban J connectivity index is 2.93. The number of benzene rings is 1. The largest absolute Gasteiger partial charge is 0.508 e. The fourth-order valence-corrected chi connectivity index (χ4v) is 1.81. The summed E-state index contributed by atoms with van der Waals surface area (Å²) in [6.07, 6.45) is 0.0918. The second-order valence-corrected chi connectivity index (χ2v) is 4.06. The third-order valence-electron chi connectivity index (χ3n) is 2.06. The molecule has 1 aromatic carbocycles. The van der Waals surface area contributed by atoms with Crippen molar-refractivity contribution in [1.29, 1.82) is 0 Å². The number of aromatic hydroxyl groups is 1. The van der Waals surface area contributed by atoms with E-state index in [1.165, 1.54) is 19.2 Å². The maximum absolute atomic E-state index is 11.1. The second kappa shape index (κ2) is 5.39. The van der Waals surface area contributed by atoms with Crippen LogP contribution in [0.15, 0.2) is 12.1 Å². The maximum atomic E-state index is 11.1. The minimum atomic E-state index is -0.866. The second-order valence-electron chi connectivity index (χ2n) is 3.22. The molecule has 0 aliphatic heterocycles. The lowest BCUT2D eigenvalue weighted by molar-refractivity contribution is -0.142. The predicted molar refractivity (Wildman–Crippen MR) is 61.8 cm³/mol. The fourth-order valence-electron chi connectivity index (χ4n) is 1.25. The molecule has 0 radical (unpaired) electrons. The number of methoxy groups -OCH3 is 1. The van der Waals surface area contributed by atoms with Crippen LogP contribution in [-0.4, -0.2) is 24.2 Å². The van der Waals surface area contributed by atoms with E-state index in [1.807, 2.05) is 0 Å². The van der Waals surface area contributed by atoms with Gasteiger partial charge in [0.25, 0.3) is 0 Å². The molecule has 0 saturated heterocycles. The molecule has 0 aromatic heterocycles. The van der Waals surface area contributed by atoms with Gasteiger partial charge < -0.3 is 15.6 Å². The molecule has 0 aliphatic rings. The molecule has 0 bridgehead atoms. The highest BCUT2D eigenvalue weighted by atomic mass is 35.5. The Morgan fingerprint density at radius 2 is 2.19 bits per heavy atom. The molecule has 0 spiro atoms. The molecule has 88 valence electrons. The van der Waals surface area contributed by atoms with Crippen LogP contribution < -0.4 is 5.73 Å². The van der Waals surface area contributed by atoms with Gasteiger partial charge in [0.1, 0.15) is 11.8 Å². The summed E-state index contributed by atoms with van der Waals surface area (Å²) in [7, 11) is 1.24. The highest BCUT2D eigenvalue weighted by molar-refractivity contribution is 6.35. The van der Waals surface area contributed by atoms with Crippen LogP contribution in [0.4, 0.5) is 0 Å². The molecular weight excluding hydrogens is 253 g/mol. The minimum absolute atomic E-state index is 0.0862. The van der Waals surface area contributed by atoms with Gasteiger partial charge in [0, 0.05) is 22.0 Å². The van der Waals surface area contributed by atoms with Crippen LogP contribution in [0.1, 0.15) is 5.56 Å². The lowest BCUT2D eigenvalue weighted by atomic mass is 10.1. The molecular formula is C10H11Cl2NO3. The van der Waals surface area contributed by atoms with Gasteiger partial charge in [-0.3, -0.25) is 4.79 Å². The topological polar surface area (TPSA) is 72.5 Å². The third-order valence-corrected chi connectivity index (χ3v) is 2.62. The standard InChI is InChI=1S/C10H11Cl2NO3/c1-16-10(15)8(13)4-6-7(12)2-5(11)3-9(6)14/h2-3,8,14H,4,13H2,1H3. The van der Waals surface area contributed by atoms with Crippen molar-refractivity contribution in [3.05, 3.63) is 27.7 Å². The quantitative estimate of drug-likeness (QED) is 0.815. The number of hydrogen-bond donors (Lipinski definition) is 2. The van der Waals surface area contributed by atoms with Crippen molar-refractivity contribution in [2.24, 2.45) is 5.73 Å². The van der Waals surface area contributed by atoms with Crippen LogP contribution >= 0.6 is 23.2 Å². The number of carbonyl (C=O) groups excluding carboxylic acids is 1. The molecule has 0 heterocycles. The summed E-state index contributed by atoms with van der Waals surface area (Å²) in [5.74, 6) is -0.651. The molecule has 1 unspecified atom stereocenters. The highest BCUT2D eigenvalue weighted by Gasteiger charge is 2.18. The average Bonchev–Trinajstić information content (AvgIpc) is 2.21. The van der Waals surface area contributed by atoms with Gasteiger partial charge in [0.05, 0.1) is 7.11 Å². The number of esters is 1. The number of ether oxygens (including phenoxy) is 1. The van der Waals surface area contributed by atoms with E-state index in [9.17, 15) is 9.90 Å². The molecule has 0 saturated carbocycles. The molecule has 1 atom stereocenters. The number of phenolic OH excluding ortho intramolecular Hbond substituents is 1. The molecule has 6 heteroatoms. The lowest BCUT2D eigenvalue weighted by Crippen LogP contribution is -2.33. The van der Waals surface area contributed by atoms with Gasteiger partial charge in [0.2, 0.25) is 0 Å². The van der Waals surface area contributed by atoms with Crippen LogP contribution in [0.5, 0.6) is 5.75 Å². The molecule has 3 N–H and O–H groups in total. The Kier molecular flexibility index (Phi) is 4.41. The molecule has 1 aromatic rings. The van der Waals surface area contributed by atoms with Crippen molar-refractivity contribution in [3.63, 3.8) is 0 Å². The highest BCUT2D eigenvalue weighted by Crippen LogP contribution is 2.30. The van der Waals surface area contributed by atoms with Crippen LogP contribution in [0.25, 0.3) is 0 Å². The van der Waals surface area contributed by atoms with Crippen molar-refractivity contribution < 1.29 is 14.6 Å². The smallest absolute Gasteiger partial charge is 0.322 e. The Morgan fingerprint density at radius 1 is 1.56 bits per heavy atom. The lowest BCUT2D eigenvalue weighted by Gasteiger charge is -2.12.